The summed E-state index contributed by atoms with van der Waals surface area (Å²) in [7, 11) is 6.36. The average Bonchev–Trinajstić information content (AvgIpc) is 3.13. The Morgan fingerprint density at radius 2 is 1.90 bits per heavy atom. The summed E-state index contributed by atoms with van der Waals surface area (Å²) < 4.78 is 0. The second kappa shape index (κ2) is 7.07. The summed E-state index contributed by atoms with van der Waals surface area (Å²) in [5, 5.41) is 3.59. The van der Waals surface area contributed by atoms with Gasteiger partial charge < -0.3 is 20.9 Å². The van der Waals surface area contributed by atoms with Gasteiger partial charge in [0.05, 0.1) is 0 Å². The van der Waals surface area contributed by atoms with Crippen molar-refractivity contribution in [3.05, 3.63) is 0 Å². The van der Waals surface area contributed by atoms with Gasteiger partial charge in [0.1, 0.15) is 5.54 Å². The van der Waals surface area contributed by atoms with E-state index in [0.29, 0.717) is 12.0 Å². The van der Waals surface area contributed by atoms with Gasteiger partial charge in [-0.2, -0.15) is 0 Å². The fourth-order valence-corrected chi connectivity index (χ4v) is 3.50. The highest BCUT2D eigenvalue weighted by atomic mass is 16.1. The molecule has 0 heterocycles. The van der Waals surface area contributed by atoms with Crippen LogP contribution in [0.15, 0.2) is 0 Å². The predicted octanol–water partition coefficient (Wildman–Crippen LogP) is 0.646. The van der Waals surface area contributed by atoms with E-state index in [1.165, 1.54) is 12.8 Å². The highest BCUT2D eigenvalue weighted by Crippen LogP contribution is 2.40. The van der Waals surface area contributed by atoms with E-state index in [1.54, 1.807) is 0 Å². The maximum absolute atomic E-state index is 12.1. The summed E-state index contributed by atoms with van der Waals surface area (Å²) in [4.78, 5) is 16.7. The second-order valence-electron chi connectivity index (χ2n) is 7.24. The molecule has 0 spiro atoms. The van der Waals surface area contributed by atoms with Gasteiger partial charge in [0.2, 0.25) is 5.91 Å². The molecule has 0 aromatic rings. The van der Waals surface area contributed by atoms with Crippen molar-refractivity contribution in [2.75, 3.05) is 40.8 Å². The zero-order valence-corrected chi connectivity index (χ0v) is 13.9. The molecule has 2 aliphatic rings. The average molecular weight is 296 g/mol. The Hall–Kier alpha value is -0.650. The normalized spacial score (nSPS) is 29.5. The molecule has 3 N–H and O–H groups in total. The monoisotopic (exact) mass is 296 g/mol. The first-order valence-electron chi connectivity index (χ1n) is 8.35. The van der Waals surface area contributed by atoms with Gasteiger partial charge in [-0.1, -0.05) is 6.42 Å². The molecule has 5 nitrogen and oxygen atoms in total. The summed E-state index contributed by atoms with van der Waals surface area (Å²) >= 11 is 0. The van der Waals surface area contributed by atoms with E-state index in [-0.39, 0.29) is 5.91 Å². The lowest BCUT2D eigenvalue weighted by Crippen LogP contribution is -2.59. The molecule has 21 heavy (non-hydrogen) atoms. The Bertz CT molecular complexity index is 356. The minimum Gasteiger partial charge on any atom is -0.368 e. The van der Waals surface area contributed by atoms with Crippen LogP contribution < -0.4 is 11.1 Å². The van der Waals surface area contributed by atoms with Crippen LogP contribution in [-0.2, 0) is 4.79 Å². The van der Waals surface area contributed by atoms with Crippen molar-refractivity contribution < 1.29 is 4.79 Å². The third-order valence-electron chi connectivity index (χ3n) is 5.09. The van der Waals surface area contributed by atoms with E-state index in [0.717, 1.165) is 45.3 Å². The van der Waals surface area contributed by atoms with Gasteiger partial charge in [-0.15, -0.1) is 0 Å². The smallest absolute Gasteiger partial charge is 0.238 e. The van der Waals surface area contributed by atoms with Crippen molar-refractivity contribution in [1.82, 2.24) is 15.1 Å². The molecule has 2 atom stereocenters. The van der Waals surface area contributed by atoms with Crippen LogP contribution >= 0.6 is 0 Å². The number of primary amides is 1. The molecule has 0 radical (unpaired) electrons. The predicted molar refractivity (Wildman–Crippen MR) is 86.1 cm³/mol. The molecule has 2 saturated carbocycles. The van der Waals surface area contributed by atoms with Gasteiger partial charge in [0.15, 0.2) is 0 Å². The number of likely N-dealkylation sites (N-methyl/N-ethyl adjacent to an activating group) is 2. The first-order valence-corrected chi connectivity index (χ1v) is 8.35. The van der Waals surface area contributed by atoms with Crippen molar-refractivity contribution in [2.24, 2.45) is 11.7 Å². The van der Waals surface area contributed by atoms with Gasteiger partial charge >= 0.3 is 0 Å². The maximum atomic E-state index is 12.1. The molecule has 0 aliphatic heterocycles. The highest BCUT2D eigenvalue weighted by molar-refractivity contribution is 5.85. The standard InChI is InChI=1S/C16H32N4O/c1-19(2)11-12-20(3)10-8-13-5-4-9-16(13,15(17)21)18-14-6-7-14/h13-14,18H,4-12H2,1-3H3,(H2,17,21). The Balaban J connectivity index is 1.86. The Morgan fingerprint density at radius 3 is 2.48 bits per heavy atom. The third kappa shape index (κ3) is 4.41. The van der Waals surface area contributed by atoms with Gasteiger partial charge in [-0.3, -0.25) is 4.79 Å². The minimum absolute atomic E-state index is 0.132. The largest absolute Gasteiger partial charge is 0.368 e. The Labute approximate surface area is 129 Å². The van der Waals surface area contributed by atoms with Gasteiger partial charge in [0, 0.05) is 19.1 Å². The maximum Gasteiger partial charge on any atom is 0.238 e. The molecule has 2 unspecified atom stereocenters. The lowest BCUT2D eigenvalue weighted by atomic mass is 9.83. The number of rotatable bonds is 9. The van der Waals surface area contributed by atoms with Crippen LogP contribution in [0.3, 0.4) is 0 Å². The molecule has 0 aromatic carbocycles. The second-order valence-corrected chi connectivity index (χ2v) is 7.24. The molecule has 2 fully saturated rings. The van der Waals surface area contributed by atoms with Crippen LogP contribution in [0.25, 0.3) is 0 Å². The van der Waals surface area contributed by atoms with Crippen molar-refractivity contribution in [3.8, 4) is 0 Å². The van der Waals surface area contributed by atoms with Crippen LogP contribution in [-0.4, -0.2) is 68.1 Å². The number of carbonyl (C=O) groups excluding carboxylic acids is 1. The van der Waals surface area contributed by atoms with Crippen LogP contribution in [0, 0.1) is 5.92 Å². The Morgan fingerprint density at radius 1 is 1.19 bits per heavy atom. The topological polar surface area (TPSA) is 61.6 Å². The molecular formula is C16H32N4O. The summed E-state index contributed by atoms with van der Waals surface area (Å²) in [6.45, 7) is 3.18. The van der Waals surface area contributed by atoms with E-state index < -0.39 is 5.54 Å². The van der Waals surface area contributed by atoms with Crippen molar-refractivity contribution in [1.29, 1.82) is 0 Å². The number of nitrogens with two attached hydrogens (primary N) is 1. The van der Waals surface area contributed by atoms with E-state index in [4.69, 9.17) is 5.73 Å². The van der Waals surface area contributed by atoms with Gasteiger partial charge in [0.25, 0.3) is 0 Å². The molecule has 1 amide bonds. The fourth-order valence-electron chi connectivity index (χ4n) is 3.50. The number of hydrogen-bond donors (Lipinski definition) is 2. The molecule has 0 aromatic heterocycles. The van der Waals surface area contributed by atoms with Crippen molar-refractivity contribution >= 4 is 5.91 Å². The molecule has 122 valence electrons. The SMILES string of the molecule is CN(C)CCN(C)CCC1CCCC1(NC1CC1)C(N)=O. The van der Waals surface area contributed by atoms with E-state index >= 15 is 0 Å². The van der Waals surface area contributed by atoms with E-state index in [9.17, 15) is 4.79 Å². The number of nitrogens with one attached hydrogen (secondary N) is 1. The molecule has 0 saturated heterocycles. The number of hydrogen-bond acceptors (Lipinski definition) is 4. The quantitative estimate of drug-likeness (QED) is 0.656. The van der Waals surface area contributed by atoms with Gasteiger partial charge in [-0.25, -0.2) is 0 Å². The summed E-state index contributed by atoms with van der Waals surface area (Å²) in [6.07, 6.45) is 6.63. The van der Waals surface area contributed by atoms with Crippen LogP contribution in [0.4, 0.5) is 0 Å². The molecular weight excluding hydrogens is 264 g/mol. The first kappa shape index (κ1) is 16.7. The molecule has 2 aliphatic carbocycles. The third-order valence-corrected chi connectivity index (χ3v) is 5.09. The number of carbonyl (C=O) groups is 1. The summed E-state index contributed by atoms with van der Waals surface area (Å²) in [5.41, 5.74) is 5.36. The van der Waals surface area contributed by atoms with Crippen LogP contribution in [0.5, 0.6) is 0 Å². The highest BCUT2D eigenvalue weighted by Gasteiger charge is 2.49. The zero-order valence-electron chi connectivity index (χ0n) is 13.9. The molecule has 5 heteroatoms. The van der Waals surface area contributed by atoms with Crippen molar-refractivity contribution in [2.45, 2.75) is 50.1 Å². The fraction of sp³-hybridized carbons (Fsp3) is 0.938. The van der Waals surface area contributed by atoms with E-state index in [1.807, 2.05) is 0 Å². The summed E-state index contributed by atoms with van der Waals surface area (Å²) in [5.74, 6) is 0.269. The van der Waals surface area contributed by atoms with Crippen LogP contribution in [0.1, 0.15) is 38.5 Å². The lowest BCUT2D eigenvalue weighted by Gasteiger charge is -2.35. The first-order chi connectivity index (χ1) is 9.94. The number of nitrogens with zero attached hydrogens (tertiary/aromatic N) is 2. The summed E-state index contributed by atoms with van der Waals surface area (Å²) in [6, 6.07) is 0.532. The zero-order chi connectivity index (χ0) is 15.5. The number of amides is 1. The molecule has 0 bridgehead atoms. The van der Waals surface area contributed by atoms with Crippen molar-refractivity contribution in [3.63, 3.8) is 0 Å². The lowest BCUT2D eigenvalue weighted by molar-refractivity contribution is -0.126. The Kier molecular flexibility index (Phi) is 5.63. The van der Waals surface area contributed by atoms with Crippen LogP contribution in [0.2, 0.25) is 0 Å². The minimum atomic E-state index is -0.427. The van der Waals surface area contributed by atoms with Gasteiger partial charge in [-0.05, 0) is 65.7 Å². The molecule has 2 rings (SSSR count). The van der Waals surface area contributed by atoms with E-state index in [2.05, 4.69) is 36.3 Å².